The van der Waals surface area contributed by atoms with Crippen LogP contribution in [0.15, 0.2) is 71.8 Å². The zero-order valence-electron chi connectivity index (χ0n) is 14.0. The lowest BCUT2D eigenvalue weighted by molar-refractivity contribution is 0.601. The maximum Gasteiger partial charge on any atom is 0.261 e. The van der Waals surface area contributed by atoms with Crippen LogP contribution >= 0.6 is 0 Å². The van der Waals surface area contributed by atoms with E-state index in [2.05, 4.69) is 15.0 Å². The lowest BCUT2D eigenvalue weighted by Gasteiger charge is -2.10. The second-order valence-corrected chi connectivity index (χ2v) is 7.53. The van der Waals surface area contributed by atoms with Crippen molar-refractivity contribution in [3.05, 3.63) is 78.0 Å². The third kappa shape index (κ3) is 4.36. The van der Waals surface area contributed by atoms with Crippen LogP contribution in [-0.4, -0.2) is 13.4 Å². The zero-order valence-corrected chi connectivity index (χ0v) is 14.8. The van der Waals surface area contributed by atoms with Crippen LogP contribution in [0.2, 0.25) is 0 Å². The van der Waals surface area contributed by atoms with E-state index in [9.17, 15) is 8.42 Å². The molecule has 0 aliphatic carbocycles. The molecule has 1 heterocycles. The van der Waals surface area contributed by atoms with Gasteiger partial charge in [-0.1, -0.05) is 24.3 Å². The number of pyridine rings is 1. The monoisotopic (exact) mass is 353 g/mol. The van der Waals surface area contributed by atoms with E-state index < -0.39 is 10.0 Å². The Balaban J connectivity index is 1.74. The highest BCUT2D eigenvalue weighted by Gasteiger charge is 2.14. The molecule has 1 aromatic heterocycles. The first-order valence-electron chi connectivity index (χ1n) is 7.82. The predicted octanol–water partition coefficient (Wildman–Crippen LogP) is 4.24. The van der Waals surface area contributed by atoms with E-state index in [1.807, 2.05) is 44.2 Å². The maximum atomic E-state index is 12.4. The van der Waals surface area contributed by atoms with Crippen LogP contribution in [0.3, 0.4) is 0 Å². The Bertz CT molecular complexity index is 984. The predicted molar refractivity (Wildman–Crippen MR) is 101 cm³/mol. The quantitative estimate of drug-likeness (QED) is 0.719. The molecule has 0 saturated carbocycles. The first kappa shape index (κ1) is 17.0. The molecule has 0 aliphatic heterocycles. The lowest BCUT2D eigenvalue weighted by atomic mass is 10.2. The van der Waals surface area contributed by atoms with Crippen molar-refractivity contribution in [1.82, 2.24) is 4.98 Å². The van der Waals surface area contributed by atoms with Crippen LogP contribution in [-0.2, 0) is 10.0 Å². The van der Waals surface area contributed by atoms with Gasteiger partial charge in [-0.05, 0) is 61.4 Å². The third-order valence-corrected chi connectivity index (χ3v) is 4.98. The second kappa shape index (κ2) is 6.94. The minimum atomic E-state index is -3.62. The van der Waals surface area contributed by atoms with Gasteiger partial charge in [0.1, 0.15) is 5.82 Å². The molecule has 0 spiro atoms. The Labute approximate surface area is 147 Å². The molecule has 0 fully saturated rings. The molecule has 3 rings (SSSR count). The van der Waals surface area contributed by atoms with Crippen molar-refractivity contribution in [1.29, 1.82) is 0 Å². The topological polar surface area (TPSA) is 71.1 Å². The van der Waals surface area contributed by atoms with Crippen LogP contribution in [0.5, 0.6) is 0 Å². The van der Waals surface area contributed by atoms with Gasteiger partial charge in [-0.25, -0.2) is 13.4 Å². The first-order chi connectivity index (χ1) is 11.9. The zero-order chi connectivity index (χ0) is 17.9. The van der Waals surface area contributed by atoms with E-state index in [0.717, 1.165) is 16.8 Å². The van der Waals surface area contributed by atoms with Gasteiger partial charge in [-0.15, -0.1) is 0 Å². The highest BCUT2D eigenvalue weighted by atomic mass is 32.2. The normalized spacial score (nSPS) is 11.1. The summed E-state index contributed by atoms with van der Waals surface area (Å²) in [6.45, 7) is 3.87. The molecule has 0 radical (unpaired) electrons. The Morgan fingerprint density at radius 1 is 0.840 bits per heavy atom. The van der Waals surface area contributed by atoms with Crippen molar-refractivity contribution in [3.8, 4) is 0 Å². The largest absolute Gasteiger partial charge is 0.340 e. The molecule has 6 heteroatoms. The molecule has 0 atom stereocenters. The van der Waals surface area contributed by atoms with Gasteiger partial charge in [-0.3, -0.25) is 4.72 Å². The molecule has 3 aromatic rings. The molecule has 0 saturated heterocycles. The highest BCUT2D eigenvalue weighted by Crippen LogP contribution is 2.20. The molecule has 25 heavy (non-hydrogen) atoms. The van der Waals surface area contributed by atoms with E-state index in [4.69, 9.17) is 0 Å². The first-order valence-corrected chi connectivity index (χ1v) is 9.30. The van der Waals surface area contributed by atoms with E-state index in [0.29, 0.717) is 11.5 Å². The summed E-state index contributed by atoms with van der Waals surface area (Å²) in [5.74, 6) is 0.643. The van der Waals surface area contributed by atoms with Crippen LogP contribution < -0.4 is 10.0 Å². The van der Waals surface area contributed by atoms with E-state index in [-0.39, 0.29) is 4.90 Å². The smallest absolute Gasteiger partial charge is 0.261 e. The summed E-state index contributed by atoms with van der Waals surface area (Å²) in [4.78, 5) is 4.49. The number of rotatable bonds is 5. The van der Waals surface area contributed by atoms with E-state index in [1.165, 1.54) is 6.20 Å². The van der Waals surface area contributed by atoms with Gasteiger partial charge in [0.2, 0.25) is 0 Å². The standard InChI is InChI=1S/C19H19N3O2S/c1-14-5-3-7-16(11-14)21-19-10-9-17(13-20-19)22-25(23,24)18-8-4-6-15(2)12-18/h3-13,22H,1-2H3,(H,20,21). The van der Waals surface area contributed by atoms with E-state index in [1.54, 1.807) is 30.3 Å². The van der Waals surface area contributed by atoms with Crippen molar-refractivity contribution in [2.75, 3.05) is 10.0 Å². The van der Waals surface area contributed by atoms with E-state index >= 15 is 0 Å². The lowest BCUT2D eigenvalue weighted by Crippen LogP contribution is -2.13. The van der Waals surface area contributed by atoms with Gasteiger partial charge < -0.3 is 5.32 Å². The molecular weight excluding hydrogens is 334 g/mol. The Morgan fingerprint density at radius 3 is 2.20 bits per heavy atom. The summed E-state index contributed by atoms with van der Waals surface area (Å²) in [5, 5.41) is 3.19. The number of aryl methyl sites for hydroxylation is 2. The van der Waals surface area contributed by atoms with Crippen LogP contribution in [0.4, 0.5) is 17.2 Å². The van der Waals surface area contributed by atoms with Crippen molar-refractivity contribution < 1.29 is 8.42 Å². The highest BCUT2D eigenvalue weighted by molar-refractivity contribution is 7.92. The molecule has 0 bridgehead atoms. The van der Waals surface area contributed by atoms with Crippen molar-refractivity contribution >= 4 is 27.2 Å². The number of aromatic nitrogens is 1. The minimum absolute atomic E-state index is 0.231. The van der Waals surface area contributed by atoms with Crippen molar-refractivity contribution in [2.24, 2.45) is 0 Å². The Kier molecular flexibility index (Phi) is 4.72. The number of nitrogens with zero attached hydrogens (tertiary/aromatic N) is 1. The van der Waals surface area contributed by atoms with Crippen molar-refractivity contribution in [3.63, 3.8) is 0 Å². The summed E-state index contributed by atoms with van der Waals surface area (Å²) in [6, 6.07) is 18.1. The number of anilines is 3. The summed E-state index contributed by atoms with van der Waals surface area (Å²) in [6.07, 6.45) is 1.49. The van der Waals surface area contributed by atoms with Crippen LogP contribution in [0.25, 0.3) is 0 Å². The molecule has 0 aliphatic rings. The summed E-state index contributed by atoms with van der Waals surface area (Å²) in [5.41, 5.74) is 3.38. The molecule has 2 aromatic carbocycles. The van der Waals surface area contributed by atoms with Gasteiger partial charge in [0.25, 0.3) is 10.0 Å². The van der Waals surface area contributed by atoms with Crippen LogP contribution in [0.1, 0.15) is 11.1 Å². The van der Waals surface area contributed by atoms with Crippen LogP contribution in [0, 0.1) is 13.8 Å². The molecule has 0 unspecified atom stereocenters. The van der Waals surface area contributed by atoms with Crippen molar-refractivity contribution in [2.45, 2.75) is 18.7 Å². The molecule has 128 valence electrons. The number of benzene rings is 2. The maximum absolute atomic E-state index is 12.4. The average molecular weight is 353 g/mol. The van der Waals surface area contributed by atoms with Gasteiger partial charge in [0.15, 0.2) is 0 Å². The fraction of sp³-hybridized carbons (Fsp3) is 0.105. The molecular formula is C19H19N3O2S. The SMILES string of the molecule is Cc1cccc(Nc2ccc(NS(=O)(=O)c3cccc(C)c3)cn2)c1. The fourth-order valence-corrected chi connectivity index (χ4v) is 3.54. The summed E-state index contributed by atoms with van der Waals surface area (Å²) in [7, 11) is -3.62. The average Bonchev–Trinajstić information content (AvgIpc) is 2.56. The van der Waals surface area contributed by atoms with Gasteiger partial charge in [0.05, 0.1) is 16.8 Å². The number of hydrogen-bond donors (Lipinski definition) is 2. The molecule has 5 nitrogen and oxygen atoms in total. The summed E-state index contributed by atoms with van der Waals surface area (Å²) >= 11 is 0. The molecule has 0 amide bonds. The second-order valence-electron chi connectivity index (χ2n) is 5.85. The number of sulfonamides is 1. The third-order valence-electron chi connectivity index (χ3n) is 3.61. The number of nitrogens with one attached hydrogen (secondary N) is 2. The molecule has 2 N–H and O–H groups in total. The minimum Gasteiger partial charge on any atom is -0.340 e. The summed E-state index contributed by atoms with van der Waals surface area (Å²) < 4.78 is 27.4. The van der Waals surface area contributed by atoms with Gasteiger partial charge >= 0.3 is 0 Å². The Hall–Kier alpha value is -2.86. The Morgan fingerprint density at radius 2 is 1.56 bits per heavy atom. The number of hydrogen-bond acceptors (Lipinski definition) is 4. The fourth-order valence-electron chi connectivity index (χ4n) is 2.40. The van der Waals surface area contributed by atoms with Gasteiger partial charge in [-0.2, -0.15) is 0 Å². The van der Waals surface area contributed by atoms with Gasteiger partial charge in [0, 0.05) is 5.69 Å².